The van der Waals surface area contributed by atoms with E-state index in [9.17, 15) is 18.0 Å². The minimum absolute atomic E-state index is 0.271. The molecule has 2 aliphatic rings. The number of carbonyl (C=O) groups excluding carboxylic acids is 1. The van der Waals surface area contributed by atoms with Crippen LogP contribution < -0.4 is 4.74 Å². The number of carbonyl (C=O) groups is 1. The molecule has 2 aromatic rings. The fourth-order valence-corrected chi connectivity index (χ4v) is 4.00. The van der Waals surface area contributed by atoms with E-state index in [1.54, 1.807) is 24.3 Å². The van der Waals surface area contributed by atoms with Crippen molar-refractivity contribution in [3.63, 3.8) is 0 Å². The smallest absolute Gasteiger partial charge is 0.462 e. The van der Waals surface area contributed by atoms with E-state index in [1.165, 1.54) is 30.7 Å². The van der Waals surface area contributed by atoms with Crippen molar-refractivity contribution in [2.45, 2.75) is 19.2 Å². The minimum atomic E-state index is -4.71. The van der Waals surface area contributed by atoms with Gasteiger partial charge < -0.3 is 9.47 Å². The largest absolute Gasteiger partial charge is 0.573 e. The molecule has 28 heavy (non-hydrogen) atoms. The van der Waals surface area contributed by atoms with Gasteiger partial charge in [-0.2, -0.15) is 0 Å². The molecular formula is C22H19F3O3. The van der Waals surface area contributed by atoms with Gasteiger partial charge in [-0.3, -0.25) is 0 Å². The first-order chi connectivity index (χ1) is 13.4. The third-order valence-electron chi connectivity index (χ3n) is 5.39. The predicted molar refractivity (Wildman–Crippen MR) is 97.7 cm³/mol. The van der Waals surface area contributed by atoms with Gasteiger partial charge in [0.05, 0.1) is 12.2 Å². The average molecular weight is 388 g/mol. The van der Waals surface area contributed by atoms with Gasteiger partial charge in [-0.15, -0.1) is 13.2 Å². The number of allylic oxidation sites excluding steroid dienone is 2. The van der Waals surface area contributed by atoms with E-state index in [1.807, 2.05) is 0 Å². The van der Waals surface area contributed by atoms with Crippen LogP contribution in [0.15, 0.2) is 60.7 Å². The molecule has 0 radical (unpaired) electrons. The molecule has 0 saturated heterocycles. The Bertz CT molecular complexity index is 869. The Morgan fingerprint density at radius 3 is 2.11 bits per heavy atom. The molecular weight excluding hydrogens is 369 g/mol. The Morgan fingerprint density at radius 1 is 0.929 bits per heavy atom. The van der Waals surface area contributed by atoms with Gasteiger partial charge in [0, 0.05) is 0 Å². The van der Waals surface area contributed by atoms with Crippen molar-refractivity contribution in [2.75, 3.05) is 6.61 Å². The molecule has 0 spiro atoms. The number of alkyl halides is 3. The molecule has 4 rings (SSSR count). The number of ether oxygens (including phenoxy) is 2. The lowest BCUT2D eigenvalue weighted by Gasteiger charge is -2.17. The number of hydrogen-bond acceptors (Lipinski definition) is 3. The maximum Gasteiger partial charge on any atom is 0.573 e. The fourth-order valence-electron chi connectivity index (χ4n) is 4.00. The molecule has 1 saturated carbocycles. The van der Waals surface area contributed by atoms with Crippen molar-refractivity contribution < 1.29 is 27.4 Å². The molecule has 2 bridgehead atoms. The Kier molecular flexibility index (Phi) is 4.87. The van der Waals surface area contributed by atoms with Crippen LogP contribution in [0.3, 0.4) is 0 Å². The van der Waals surface area contributed by atoms with Crippen LogP contribution in [-0.4, -0.2) is 18.9 Å². The Morgan fingerprint density at radius 2 is 1.57 bits per heavy atom. The summed E-state index contributed by atoms with van der Waals surface area (Å²) >= 11 is 0. The summed E-state index contributed by atoms with van der Waals surface area (Å²) in [4.78, 5) is 12.3. The normalized spacial score (nSPS) is 23.0. The maximum absolute atomic E-state index is 12.3. The summed E-state index contributed by atoms with van der Waals surface area (Å²) in [6, 6.07) is 12.4. The summed E-state index contributed by atoms with van der Waals surface area (Å²) in [6.45, 7) is 0.437. The van der Waals surface area contributed by atoms with E-state index in [0.717, 1.165) is 17.5 Å². The number of fused-ring (bicyclic) bond motifs is 2. The number of benzene rings is 2. The summed E-state index contributed by atoms with van der Waals surface area (Å²) in [7, 11) is 0. The molecule has 0 aromatic heterocycles. The summed E-state index contributed by atoms with van der Waals surface area (Å²) in [6.07, 6.45) is 2.03. The van der Waals surface area contributed by atoms with Crippen molar-refractivity contribution in [2.24, 2.45) is 17.8 Å². The third-order valence-corrected chi connectivity index (χ3v) is 5.39. The standard InChI is InChI=1S/C22H19F3O3/c23-22(24,25)28-20-9-7-16(8-10-20)15-3-5-17(6-4-15)21(26)27-13-19-12-14-1-2-18(19)11-14/h1-10,14,18-19H,11-13H2. The monoisotopic (exact) mass is 388 g/mol. The molecule has 1 fully saturated rings. The lowest BCUT2D eigenvalue weighted by molar-refractivity contribution is -0.274. The number of rotatable bonds is 5. The Balaban J connectivity index is 1.35. The molecule has 2 aliphatic carbocycles. The molecule has 0 aliphatic heterocycles. The zero-order valence-corrected chi connectivity index (χ0v) is 15.0. The maximum atomic E-state index is 12.3. The SMILES string of the molecule is O=C(OCC1CC2C=CC1C2)c1ccc(-c2ccc(OC(F)(F)F)cc2)cc1. The highest BCUT2D eigenvalue weighted by molar-refractivity contribution is 5.90. The van der Waals surface area contributed by atoms with Gasteiger partial charge in [0.25, 0.3) is 0 Å². The van der Waals surface area contributed by atoms with Gasteiger partial charge in [0.1, 0.15) is 5.75 Å². The molecule has 0 N–H and O–H groups in total. The van der Waals surface area contributed by atoms with E-state index in [4.69, 9.17) is 4.74 Å². The molecule has 0 heterocycles. The molecule has 2 aromatic carbocycles. The van der Waals surface area contributed by atoms with Gasteiger partial charge in [-0.1, -0.05) is 36.4 Å². The van der Waals surface area contributed by atoms with Gasteiger partial charge in [-0.25, -0.2) is 4.79 Å². The van der Waals surface area contributed by atoms with E-state index >= 15 is 0 Å². The van der Waals surface area contributed by atoms with Crippen LogP contribution in [0.4, 0.5) is 13.2 Å². The van der Waals surface area contributed by atoms with Crippen LogP contribution in [0.25, 0.3) is 11.1 Å². The summed E-state index contributed by atoms with van der Waals surface area (Å²) in [5.74, 6) is 0.958. The van der Waals surface area contributed by atoms with Crippen molar-refractivity contribution >= 4 is 5.97 Å². The highest BCUT2D eigenvalue weighted by atomic mass is 19.4. The molecule has 146 valence electrons. The van der Waals surface area contributed by atoms with E-state index in [-0.39, 0.29) is 11.7 Å². The van der Waals surface area contributed by atoms with Crippen molar-refractivity contribution in [3.8, 4) is 16.9 Å². The van der Waals surface area contributed by atoms with Crippen LogP contribution >= 0.6 is 0 Å². The minimum Gasteiger partial charge on any atom is -0.462 e. The highest BCUT2D eigenvalue weighted by Gasteiger charge is 2.36. The molecule has 6 heteroatoms. The average Bonchev–Trinajstić information content (AvgIpc) is 3.29. The van der Waals surface area contributed by atoms with Crippen LogP contribution in [0, 0.1) is 17.8 Å². The predicted octanol–water partition coefficient (Wildman–Crippen LogP) is 5.62. The topological polar surface area (TPSA) is 35.5 Å². The van der Waals surface area contributed by atoms with Crippen molar-refractivity contribution in [3.05, 3.63) is 66.2 Å². The van der Waals surface area contributed by atoms with E-state index in [0.29, 0.717) is 29.9 Å². The van der Waals surface area contributed by atoms with Gasteiger partial charge >= 0.3 is 12.3 Å². The van der Waals surface area contributed by atoms with Crippen LogP contribution in [0.2, 0.25) is 0 Å². The van der Waals surface area contributed by atoms with Crippen LogP contribution in [0.1, 0.15) is 23.2 Å². The number of hydrogen-bond donors (Lipinski definition) is 0. The fraction of sp³-hybridized carbons (Fsp3) is 0.318. The van der Waals surface area contributed by atoms with Crippen LogP contribution in [0.5, 0.6) is 5.75 Å². The van der Waals surface area contributed by atoms with Crippen LogP contribution in [-0.2, 0) is 4.74 Å². The Labute approximate surface area is 160 Å². The van der Waals surface area contributed by atoms with E-state index in [2.05, 4.69) is 16.9 Å². The second-order valence-corrected chi connectivity index (χ2v) is 7.29. The lowest BCUT2D eigenvalue weighted by atomic mass is 9.95. The summed E-state index contributed by atoms with van der Waals surface area (Å²) < 4.78 is 46.0. The molecule has 3 atom stereocenters. The lowest BCUT2D eigenvalue weighted by Crippen LogP contribution is -2.17. The first kappa shape index (κ1) is 18.6. The zero-order valence-electron chi connectivity index (χ0n) is 15.0. The molecule has 0 amide bonds. The quantitative estimate of drug-likeness (QED) is 0.493. The highest BCUT2D eigenvalue weighted by Crippen LogP contribution is 2.43. The van der Waals surface area contributed by atoms with Crippen molar-refractivity contribution in [1.82, 2.24) is 0 Å². The Hall–Kier alpha value is -2.76. The molecule has 3 unspecified atom stereocenters. The van der Waals surface area contributed by atoms with E-state index < -0.39 is 6.36 Å². The second kappa shape index (κ2) is 7.34. The first-order valence-corrected chi connectivity index (χ1v) is 9.19. The second-order valence-electron chi connectivity index (χ2n) is 7.29. The molecule has 3 nitrogen and oxygen atoms in total. The van der Waals surface area contributed by atoms with Gasteiger partial charge in [-0.05, 0) is 66.0 Å². The van der Waals surface area contributed by atoms with Crippen molar-refractivity contribution in [1.29, 1.82) is 0 Å². The first-order valence-electron chi connectivity index (χ1n) is 9.19. The third kappa shape index (κ3) is 4.21. The van der Waals surface area contributed by atoms with Gasteiger partial charge in [0.2, 0.25) is 0 Å². The summed E-state index contributed by atoms with van der Waals surface area (Å²) in [5.41, 5.74) is 1.97. The number of esters is 1. The number of halogens is 3. The summed E-state index contributed by atoms with van der Waals surface area (Å²) in [5, 5.41) is 0. The van der Waals surface area contributed by atoms with Gasteiger partial charge in [0.15, 0.2) is 0 Å². The zero-order chi connectivity index (χ0) is 19.7.